The summed E-state index contributed by atoms with van der Waals surface area (Å²) in [5, 5.41) is 3.59. The van der Waals surface area contributed by atoms with E-state index in [1.54, 1.807) is 0 Å². The van der Waals surface area contributed by atoms with Crippen LogP contribution in [0, 0.1) is 0 Å². The fourth-order valence-electron chi connectivity index (χ4n) is 2.47. The maximum atomic E-state index is 3.83. The molecule has 2 rings (SSSR count). The molecule has 1 aromatic carbocycles. The second kappa shape index (κ2) is 5.99. The van der Waals surface area contributed by atoms with Crippen LogP contribution in [-0.4, -0.2) is 30.6 Å². The third kappa shape index (κ3) is 3.18. The Bertz CT molecular complexity index is 347. The van der Waals surface area contributed by atoms with Crippen LogP contribution in [-0.2, 0) is 0 Å². The van der Waals surface area contributed by atoms with Crippen LogP contribution < -0.4 is 5.32 Å². The first-order chi connectivity index (χ1) is 8.31. The maximum absolute atomic E-state index is 3.83. The van der Waals surface area contributed by atoms with Crippen LogP contribution in [0.4, 0.5) is 0 Å². The van der Waals surface area contributed by atoms with Gasteiger partial charge in [-0.25, -0.2) is 0 Å². The summed E-state index contributed by atoms with van der Waals surface area (Å²) in [5.41, 5.74) is 1.39. The minimum atomic E-state index is 0.470. The van der Waals surface area contributed by atoms with Crippen molar-refractivity contribution in [3.05, 3.63) is 48.6 Å². The average molecular weight is 230 g/mol. The van der Waals surface area contributed by atoms with Gasteiger partial charge in [-0.2, -0.15) is 0 Å². The lowest BCUT2D eigenvalue weighted by Gasteiger charge is -2.37. The van der Waals surface area contributed by atoms with Gasteiger partial charge in [-0.1, -0.05) is 36.4 Å². The van der Waals surface area contributed by atoms with E-state index in [-0.39, 0.29) is 0 Å². The largest absolute Gasteiger partial charge is 0.308 e. The number of nitrogens with one attached hydrogen (secondary N) is 1. The zero-order valence-electron chi connectivity index (χ0n) is 10.6. The lowest BCUT2D eigenvalue weighted by Crippen LogP contribution is -2.49. The normalized spacial score (nSPS) is 23.2. The molecular weight excluding hydrogens is 208 g/mol. The Labute approximate surface area is 104 Å². The van der Waals surface area contributed by atoms with Crippen molar-refractivity contribution in [1.82, 2.24) is 10.2 Å². The van der Waals surface area contributed by atoms with Crippen molar-refractivity contribution < 1.29 is 0 Å². The highest BCUT2D eigenvalue weighted by Crippen LogP contribution is 2.19. The summed E-state index contributed by atoms with van der Waals surface area (Å²) in [6, 6.07) is 11.8. The molecule has 0 radical (unpaired) electrons. The zero-order chi connectivity index (χ0) is 12.1. The maximum Gasteiger partial charge on any atom is 0.0449 e. The molecule has 2 nitrogen and oxygen atoms in total. The van der Waals surface area contributed by atoms with Gasteiger partial charge in [-0.15, -0.1) is 6.58 Å². The molecule has 0 amide bonds. The van der Waals surface area contributed by atoms with Gasteiger partial charge in [0.25, 0.3) is 0 Å². The molecule has 1 heterocycles. The van der Waals surface area contributed by atoms with Crippen molar-refractivity contribution in [2.24, 2.45) is 0 Å². The summed E-state index contributed by atoms with van der Waals surface area (Å²) in [6.07, 6.45) is 3.09. The lowest BCUT2D eigenvalue weighted by atomic mass is 10.0. The molecular formula is C15H22N2. The van der Waals surface area contributed by atoms with Gasteiger partial charge in [-0.3, -0.25) is 4.90 Å². The number of nitrogens with zero attached hydrogens (tertiary/aromatic N) is 1. The Morgan fingerprint density at radius 1 is 1.47 bits per heavy atom. The van der Waals surface area contributed by atoms with Crippen molar-refractivity contribution in [1.29, 1.82) is 0 Å². The molecule has 0 saturated carbocycles. The minimum Gasteiger partial charge on any atom is -0.308 e. The topological polar surface area (TPSA) is 15.3 Å². The molecule has 2 unspecified atom stereocenters. The molecule has 0 aliphatic carbocycles. The number of benzene rings is 1. The van der Waals surface area contributed by atoms with E-state index >= 15 is 0 Å². The molecule has 92 valence electrons. The van der Waals surface area contributed by atoms with Crippen LogP contribution >= 0.6 is 0 Å². The Hall–Kier alpha value is -1.12. The van der Waals surface area contributed by atoms with Crippen molar-refractivity contribution in [2.75, 3.05) is 19.6 Å². The Balaban J connectivity index is 2.00. The van der Waals surface area contributed by atoms with E-state index in [2.05, 4.69) is 54.1 Å². The number of hydrogen-bond acceptors (Lipinski definition) is 2. The van der Waals surface area contributed by atoms with Gasteiger partial charge >= 0.3 is 0 Å². The minimum absolute atomic E-state index is 0.470. The van der Waals surface area contributed by atoms with Gasteiger partial charge in [0.1, 0.15) is 0 Å². The molecule has 0 bridgehead atoms. The summed E-state index contributed by atoms with van der Waals surface area (Å²) in [5.74, 6) is 0. The Morgan fingerprint density at radius 2 is 2.24 bits per heavy atom. The first-order valence-corrected chi connectivity index (χ1v) is 6.44. The SMILES string of the molecule is C=CCC(C)N1CCNC(c2ccccc2)C1. The van der Waals surface area contributed by atoms with Crippen LogP contribution in [0.25, 0.3) is 0 Å². The summed E-state index contributed by atoms with van der Waals surface area (Å²) in [6.45, 7) is 9.42. The van der Waals surface area contributed by atoms with Gasteiger partial charge in [-0.05, 0) is 18.9 Å². The molecule has 1 aliphatic rings. The number of hydrogen-bond donors (Lipinski definition) is 1. The van der Waals surface area contributed by atoms with Crippen LogP contribution in [0.3, 0.4) is 0 Å². The Morgan fingerprint density at radius 3 is 2.94 bits per heavy atom. The molecule has 17 heavy (non-hydrogen) atoms. The number of rotatable bonds is 4. The molecule has 0 spiro atoms. The smallest absolute Gasteiger partial charge is 0.0449 e. The molecule has 2 atom stereocenters. The van der Waals surface area contributed by atoms with E-state index in [0.717, 1.165) is 26.1 Å². The molecule has 1 saturated heterocycles. The third-order valence-corrected chi connectivity index (χ3v) is 3.54. The predicted molar refractivity (Wildman–Crippen MR) is 73.0 cm³/mol. The monoisotopic (exact) mass is 230 g/mol. The summed E-state index contributed by atoms with van der Waals surface area (Å²) in [4.78, 5) is 2.55. The van der Waals surface area contributed by atoms with Crippen LogP contribution in [0.2, 0.25) is 0 Å². The molecule has 1 N–H and O–H groups in total. The molecule has 1 aliphatic heterocycles. The number of piperazine rings is 1. The van der Waals surface area contributed by atoms with Gasteiger partial charge in [0.2, 0.25) is 0 Å². The fourth-order valence-corrected chi connectivity index (χ4v) is 2.47. The molecule has 0 aromatic heterocycles. The third-order valence-electron chi connectivity index (χ3n) is 3.54. The van der Waals surface area contributed by atoms with E-state index in [4.69, 9.17) is 0 Å². The molecule has 1 aromatic rings. The van der Waals surface area contributed by atoms with Gasteiger partial charge in [0.05, 0.1) is 0 Å². The van der Waals surface area contributed by atoms with Crippen LogP contribution in [0.15, 0.2) is 43.0 Å². The van der Waals surface area contributed by atoms with Crippen LogP contribution in [0.1, 0.15) is 24.9 Å². The van der Waals surface area contributed by atoms with Gasteiger partial charge < -0.3 is 5.32 Å². The fraction of sp³-hybridized carbons (Fsp3) is 0.467. The van der Waals surface area contributed by atoms with E-state index in [0.29, 0.717) is 12.1 Å². The highest BCUT2D eigenvalue weighted by Gasteiger charge is 2.23. The van der Waals surface area contributed by atoms with E-state index in [1.165, 1.54) is 5.56 Å². The lowest BCUT2D eigenvalue weighted by molar-refractivity contribution is 0.154. The van der Waals surface area contributed by atoms with E-state index < -0.39 is 0 Å². The van der Waals surface area contributed by atoms with Gasteiger partial charge in [0, 0.05) is 31.7 Å². The van der Waals surface area contributed by atoms with E-state index in [1.807, 2.05) is 6.08 Å². The Kier molecular flexibility index (Phi) is 4.35. The zero-order valence-corrected chi connectivity index (χ0v) is 10.6. The molecule has 1 fully saturated rings. The van der Waals surface area contributed by atoms with Crippen molar-refractivity contribution in [3.63, 3.8) is 0 Å². The highest BCUT2D eigenvalue weighted by molar-refractivity contribution is 5.19. The first kappa shape index (κ1) is 12.3. The van der Waals surface area contributed by atoms with E-state index in [9.17, 15) is 0 Å². The molecule has 2 heteroatoms. The predicted octanol–water partition coefficient (Wildman–Crippen LogP) is 2.60. The summed E-state index contributed by atoms with van der Waals surface area (Å²) in [7, 11) is 0. The average Bonchev–Trinajstić information content (AvgIpc) is 2.40. The summed E-state index contributed by atoms with van der Waals surface area (Å²) >= 11 is 0. The highest BCUT2D eigenvalue weighted by atomic mass is 15.2. The standard InChI is InChI=1S/C15H22N2/c1-3-7-13(2)17-11-10-16-15(12-17)14-8-5-4-6-9-14/h3-6,8-9,13,15-16H,1,7,10-12H2,2H3. The second-order valence-electron chi connectivity index (χ2n) is 4.79. The van der Waals surface area contributed by atoms with Crippen molar-refractivity contribution >= 4 is 0 Å². The van der Waals surface area contributed by atoms with Gasteiger partial charge in [0.15, 0.2) is 0 Å². The van der Waals surface area contributed by atoms with Crippen molar-refractivity contribution in [3.8, 4) is 0 Å². The second-order valence-corrected chi connectivity index (χ2v) is 4.79. The van der Waals surface area contributed by atoms with Crippen molar-refractivity contribution in [2.45, 2.75) is 25.4 Å². The first-order valence-electron chi connectivity index (χ1n) is 6.44. The summed E-state index contributed by atoms with van der Waals surface area (Å²) < 4.78 is 0. The van der Waals surface area contributed by atoms with Crippen LogP contribution in [0.5, 0.6) is 0 Å². The quantitative estimate of drug-likeness (QED) is 0.800.